The van der Waals surface area contributed by atoms with Gasteiger partial charge in [0.25, 0.3) is 0 Å². The summed E-state index contributed by atoms with van der Waals surface area (Å²) in [5.74, 6) is 1.87. The highest BCUT2D eigenvalue weighted by molar-refractivity contribution is 8.01. The van der Waals surface area contributed by atoms with Gasteiger partial charge in [-0.25, -0.2) is 0 Å². The Morgan fingerprint density at radius 1 is 1.17 bits per heavy atom. The van der Waals surface area contributed by atoms with Gasteiger partial charge in [-0.3, -0.25) is 9.69 Å². The highest BCUT2D eigenvalue weighted by Gasteiger charge is 2.42. The summed E-state index contributed by atoms with van der Waals surface area (Å²) in [6.45, 7) is 2.10. The average molecular weight is 514 g/mol. The number of methoxy groups -OCH3 is 3. The fourth-order valence-corrected chi connectivity index (χ4v) is 6.24. The molecule has 1 aromatic carbocycles. The molecule has 11 heteroatoms. The lowest BCUT2D eigenvalue weighted by Crippen LogP contribution is -2.38. The number of ketones is 1. The first kappa shape index (κ1) is 24.9. The smallest absolute Gasteiger partial charge is 0.219 e. The molecule has 1 atom stereocenters. The first-order valence-electron chi connectivity index (χ1n) is 11.2. The van der Waals surface area contributed by atoms with Crippen LogP contribution in [0.1, 0.15) is 44.1 Å². The zero-order valence-corrected chi connectivity index (χ0v) is 21.7. The van der Waals surface area contributed by atoms with Crippen LogP contribution in [0.5, 0.6) is 17.2 Å². The molecule has 0 spiro atoms. The Labute approximate surface area is 212 Å². The number of anilines is 1. The molecule has 1 aliphatic heterocycles. The van der Waals surface area contributed by atoms with E-state index in [4.69, 9.17) is 19.9 Å². The van der Waals surface area contributed by atoms with E-state index in [1.807, 2.05) is 0 Å². The molecule has 9 nitrogen and oxygen atoms in total. The van der Waals surface area contributed by atoms with Crippen LogP contribution in [-0.4, -0.2) is 43.1 Å². The molecule has 1 aliphatic carbocycles. The third kappa shape index (κ3) is 4.44. The summed E-state index contributed by atoms with van der Waals surface area (Å²) in [6.07, 6.45) is 2.73. The van der Waals surface area contributed by atoms with Crippen LogP contribution < -0.4 is 24.8 Å². The number of ether oxygens (including phenoxy) is 3. The molecule has 4 rings (SSSR count). The van der Waals surface area contributed by atoms with Gasteiger partial charge in [0.1, 0.15) is 11.6 Å². The fourth-order valence-electron chi connectivity index (χ4n) is 4.43. The van der Waals surface area contributed by atoms with Crippen LogP contribution >= 0.6 is 23.1 Å². The lowest BCUT2D eigenvalue weighted by atomic mass is 9.75. The normalized spacial score (nSPS) is 17.9. The molecular formula is C24H27N5O4S2. The molecule has 2 heterocycles. The Hall–Kier alpha value is -3.23. The molecular weight excluding hydrogens is 486 g/mol. The summed E-state index contributed by atoms with van der Waals surface area (Å²) in [4.78, 5) is 15.1. The van der Waals surface area contributed by atoms with Gasteiger partial charge in [-0.2, -0.15) is 5.26 Å². The number of carbonyl (C=O) groups excluding carboxylic acids is 1. The van der Waals surface area contributed by atoms with Crippen molar-refractivity contribution in [1.29, 1.82) is 5.26 Å². The van der Waals surface area contributed by atoms with E-state index in [2.05, 4.69) is 23.2 Å². The largest absolute Gasteiger partial charge is 0.496 e. The molecule has 0 bridgehead atoms. The van der Waals surface area contributed by atoms with E-state index in [-0.39, 0.29) is 17.2 Å². The topological polar surface area (TPSA) is 124 Å². The zero-order chi connectivity index (χ0) is 25.1. The molecule has 35 heavy (non-hydrogen) atoms. The number of nitriles is 1. The standard InChI is InChI=1S/C24H27N5O4S2/c1-5-9-34-24-28-27-23(35-24)29-15-7-6-8-16(30)21(15)20(14(12-25)22(29)26)13-10-18(32-3)19(33-4)11-17(13)31-2/h10-11,20H,5-9,26H2,1-4H3. The van der Waals surface area contributed by atoms with Crippen molar-refractivity contribution < 1.29 is 19.0 Å². The summed E-state index contributed by atoms with van der Waals surface area (Å²) < 4.78 is 17.4. The molecule has 184 valence electrons. The maximum Gasteiger partial charge on any atom is 0.219 e. The number of rotatable bonds is 8. The summed E-state index contributed by atoms with van der Waals surface area (Å²) in [7, 11) is 4.61. The van der Waals surface area contributed by atoms with Crippen LogP contribution in [0.15, 0.2) is 39.1 Å². The van der Waals surface area contributed by atoms with E-state index >= 15 is 0 Å². The minimum Gasteiger partial charge on any atom is -0.496 e. The number of thioether (sulfide) groups is 1. The molecule has 0 radical (unpaired) electrons. The van der Waals surface area contributed by atoms with E-state index in [9.17, 15) is 10.1 Å². The molecule has 0 fully saturated rings. The summed E-state index contributed by atoms with van der Waals surface area (Å²) in [5.41, 5.74) is 8.80. The number of carbonyl (C=O) groups is 1. The summed E-state index contributed by atoms with van der Waals surface area (Å²) in [6, 6.07) is 5.71. The predicted octanol–water partition coefficient (Wildman–Crippen LogP) is 4.37. The van der Waals surface area contributed by atoms with Crippen molar-refractivity contribution in [2.75, 3.05) is 32.0 Å². The average Bonchev–Trinajstić information content (AvgIpc) is 3.34. The second-order valence-electron chi connectivity index (χ2n) is 7.96. The van der Waals surface area contributed by atoms with E-state index in [0.717, 1.165) is 22.2 Å². The third-order valence-electron chi connectivity index (χ3n) is 5.98. The number of nitrogens with zero attached hydrogens (tertiary/aromatic N) is 4. The molecule has 1 aromatic heterocycles. The molecule has 2 aliphatic rings. The number of allylic oxidation sites excluding steroid dienone is 3. The lowest BCUT2D eigenvalue weighted by Gasteiger charge is -2.38. The molecule has 2 N–H and O–H groups in total. The Morgan fingerprint density at radius 2 is 1.89 bits per heavy atom. The molecule has 1 unspecified atom stereocenters. The van der Waals surface area contributed by atoms with Crippen LogP contribution in [0.3, 0.4) is 0 Å². The Kier molecular flexibility index (Phi) is 7.52. The fraction of sp³-hybridized carbons (Fsp3) is 0.417. The van der Waals surface area contributed by atoms with Crippen molar-refractivity contribution in [1.82, 2.24) is 10.2 Å². The van der Waals surface area contributed by atoms with Crippen LogP contribution in [0.25, 0.3) is 0 Å². The van der Waals surface area contributed by atoms with Gasteiger partial charge < -0.3 is 19.9 Å². The minimum atomic E-state index is -0.698. The molecule has 0 amide bonds. The molecule has 0 saturated carbocycles. The number of nitrogens with two attached hydrogens (primary N) is 1. The van der Waals surface area contributed by atoms with Crippen molar-refractivity contribution in [3.8, 4) is 23.3 Å². The van der Waals surface area contributed by atoms with E-state index in [1.54, 1.807) is 28.8 Å². The maximum atomic E-state index is 13.4. The van der Waals surface area contributed by atoms with Gasteiger partial charge in [-0.05, 0) is 25.3 Å². The second-order valence-corrected chi connectivity index (χ2v) is 10.3. The highest BCUT2D eigenvalue weighted by Crippen LogP contribution is 2.50. The SMILES string of the molecule is CCCSc1nnc(N2C(N)=C(C#N)C(c3cc(OC)c(OC)cc3OC)C3=C2CCCC3=O)s1. The quantitative estimate of drug-likeness (QED) is 0.509. The van der Waals surface area contributed by atoms with E-state index < -0.39 is 5.92 Å². The van der Waals surface area contributed by atoms with Gasteiger partial charge in [0.05, 0.1) is 38.9 Å². The minimum absolute atomic E-state index is 0.0246. The number of aromatic nitrogens is 2. The van der Waals surface area contributed by atoms with Gasteiger partial charge in [-0.1, -0.05) is 30.0 Å². The second kappa shape index (κ2) is 10.6. The third-order valence-corrected chi connectivity index (χ3v) is 8.22. The van der Waals surface area contributed by atoms with Crippen molar-refractivity contribution in [2.24, 2.45) is 5.73 Å². The maximum absolute atomic E-state index is 13.4. The Balaban J connectivity index is 1.93. The van der Waals surface area contributed by atoms with Gasteiger partial charge in [-0.15, -0.1) is 10.2 Å². The first-order chi connectivity index (χ1) is 17.0. The van der Waals surface area contributed by atoms with Crippen LogP contribution in [0.2, 0.25) is 0 Å². The number of hydrogen-bond acceptors (Lipinski definition) is 11. The number of hydrogen-bond donors (Lipinski definition) is 1. The Bertz CT molecular complexity index is 1250. The summed E-state index contributed by atoms with van der Waals surface area (Å²) in [5, 5.41) is 19.5. The number of Topliss-reactive ketones (excluding diaryl/α,β-unsaturated/α-hetero) is 1. The van der Waals surface area contributed by atoms with Crippen LogP contribution in [0, 0.1) is 11.3 Å². The van der Waals surface area contributed by atoms with Crippen molar-refractivity contribution in [3.05, 3.63) is 40.4 Å². The van der Waals surface area contributed by atoms with Gasteiger partial charge in [0.15, 0.2) is 21.6 Å². The Morgan fingerprint density at radius 3 is 2.54 bits per heavy atom. The van der Waals surface area contributed by atoms with Gasteiger partial charge in [0.2, 0.25) is 5.13 Å². The summed E-state index contributed by atoms with van der Waals surface area (Å²) >= 11 is 3.03. The number of benzene rings is 1. The zero-order valence-electron chi connectivity index (χ0n) is 20.1. The predicted molar refractivity (Wildman–Crippen MR) is 135 cm³/mol. The lowest BCUT2D eigenvalue weighted by molar-refractivity contribution is -0.116. The van der Waals surface area contributed by atoms with Crippen LogP contribution in [0.4, 0.5) is 5.13 Å². The monoisotopic (exact) mass is 513 g/mol. The molecule has 2 aromatic rings. The van der Waals surface area contributed by atoms with Gasteiger partial charge in [0, 0.05) is 35.1 Å². The van der Waals surface area contributed by atoms with Crippen molar-refractivity contribution in [2.45, 2.75) is 42.9 Å². The molecule has 0 saturated heterocycles. The van der Waals surface area contributed by atoms with Crippen molar-refractivity contribution in [3.63, 3.8) is 0 Å². The van der Waals surface area contributed by atoms with Crippen molar-refractivity contribution >= 4 is 34.0 Å². The van der Waals surface area contributed by atoms with Crippen LogP contribution in [-0.2, 0) is 4.79 Å². The first-order valence-corrected chi connectivity index (χ1v) is 13.0. The van der Waals surface area contributed by atoms with Gasteiger partial charge >= 0.3 is 0 Å². The highest BCUT2D eigenvalue weighted by atomic mass is 32.2. The van der Waals surface area contributed by atoms with E-state index in [1.165, 1.54) is 32.7 Å². The van der Waals surface area contributed by atoms with E-state index in [0.29, 0.717) is 52.8 Å².